The van der Waals surface area contributed by atoms with Gasteiger partial charge >= 0.3 is 6.09 Å². The standard InChI is InChI=1S/C18H25F2N3O5S/c1-12(21-17(25)28-18(2,3)4)16(24)22-7-9-23(10-8-22)29(26,27)15-11-13(19)5-6-14(15)20/h5-6,11-12H,7-10H2,1-4H3,(H,21,25). The van der Waals surface area contributed by atoms with Crippen molar-refractivity contribution < 1.29 is 31.5 Å². The number of carbonyl (C=O) groups excluding carboxylic acids is 2. The molecule has 2 amide bonds. The lowest BCUT2D eigenvalue weighted by atomic mass is 10.2. The molecule has 1 saturated heterocycles. The number of sulfonamides is 1. The van der Waals surface area contributed by atoms with Gasteiger partial charge in [-0.2, -0.15) is 4.31 Å². The second-order valence-electron chi connectivity index (χ2n) is 7.67. The minimum atomic E-state index is -4.23. The largest absolute Gasteiger partial charge is 0.444 e. The molecule has 0 aliphatic carbocycles. The SMILES string of the molecule is CC(NC(=O)OC(C)(C)C)C(=O)N1CCN(S(=O)(=O)c2cc(F)ccc2F)CC1. The first-order chi connectivity index (χ1) is 13.3. The number of rotatable bonds is 4. The Kier molecular flexibility index (Phi) is 6.84. The molecule has 11 heteroatoms. The van der Waals surface area contributed by atoms with E-state index in [1.807, 2.05) is 0 Å². The van der Waals surface area contributed by atoms with E-state index < -0.39 is 50.2 Å². The number of carbonyl (C=O) groups is 2. The van der Waals surface area contributed by atoms with Crippen LogP contribution < -0.4 is 5.32 Å². The summed E-state index contributed by atoms with van der Waals surface area (Å²) in [5.74, 6) is -2.30. The molecule has 29 heavy (non-hydrogen) atoms. The van der Waals surface area contributed by atoms with Gasteiger partial charge in [-0.05, 0) is 45.9 Å². The third kappa shape index (κ3) is 5.86. The molecule has 1 aromatic rings. The molecule has 1 fully saturated rings. The second kappa shape index (κ2) is 8.62. The van der Waals surface area contributed by atoms with Crippen LogP contribution in [-0.4, -0.2) is 67.4 Å². The van der Waals surface area contributed by atoms with Gasteiger partial charge in [0.05, 0.1) is 0 Å². The summed E-state index contributed by atoms with van der Waals surface area (Å²) in [6, 6.07) is 1.36. The molecule has 2 rings (SSSR count). The highest BCUT2D eigenvalue weighted by molar-refractivity contribution is 7.89. The van der Waals surface area contributed by atoms with Gasteiger partial charge in [-0.1, -0.05) is 0 Å². The number of nitrogens with zero attached hydrogens (tertiary/aromatic N) is 2. The average Bonchev–Trinajstić information content (AvgIpc) is 2.61. The van der Waals surface area contributed by atoms with Crippen molar-refractivity contribution in [2.75, 3.05) is 26.2 Å². The van der Waals surface area contributed by atoms with Crippen molar-refractivity contribution in [3.8, 4) is 0 Å². The first kappa shape index (κ1) is 23.0. The molecule has 1 aromatic carbocycles. The molecule has 1 unspecified atom stereocenters. The monoisotopic (exact) mass is 433 g/mol. The summed E-state index contributed by atoms with van der Waals surface area (Å²) >= 11 is 0. The maximum absolute atomic E-state index is 13.9. The maximum Gasteiger partial charge on any atom is 0.408 e. The number of alkyl carbamates (subject to hydrolysis) is 1. The normalized spacial score (nSPS) is 17.0. The van der Waals surface area contributed by atoms with E-state index in [0.717, 1.165) is 16.4 Å². The topological polar surface area (TPSA) is 96.0 Å². The first-order valence-electron chi connectivity index (χ1n) is 9.05. The molecule has 8 nitrogen and oxygen atoms in total. The maximum atomic E-state index is 13.9. The lowest BCUT2D eigenvalue weighted by Gasteiger charge is -2.35. The summed E-state index contributed by atoms with van der Waals surface area (Å²) in [6.07, 6.45) is -0.735. The van der Waals surface area contributed by atoms with E-state index in [1.54, 1.807) is 20.8 Å². The highest BCUT2D eigenvalue weighted by Crippen LogP contribution is 2.22. The Morgan fingerprint density at radius 2 is 1.72 bits per heavy atom. The predicted octanol–water partition coefficient (Wildman–Crippen LogP) is 1.71. The number of hydrogen-bond donors (Lipinski definition) is 1. The third-order valence-corrected chi connectivity index (χ3v) is 6.08. The minimum absolute atomic E-state index is 0.0509. The molecule has 0 radical (unpaired) electrons. The van der Waals surface area contributed by atoms with Gasteiger partial charge in [0.1, 0.15) is 28.2 Å². The number of amides is 2. The number of ether oxygens (including phenoxy) is 1. The molecular formula is C18H25F2N3O5S. The van der Waals surface area contributed by atoms with E-state index in [0.29, 0.717) is 6.07 Å². The van der Waals surface area contributed by atoms with Gasteiger partial charge in [0.25, 0.3) is 0 Å². The number of piperazine rings is 1. The zero-order valence-electron chi connectivity index (χ0n) is 16.7. The fourth-order valence-corrected chi connectivity index (χ4v) is 4.28. The van der Waals surface area contributed by atoms with Gasteiger partial charge in [-0.15, -0.1) is 0 Å². The van der Waals surface area contributed by atoms with E-state index in [4.69, 9.17) is 4.74 Å². The number of hydrogen-bond acceptors (Lipinski definition) is 5. The van der Waals surface area contributed by atoms with Crippen LogP contribution in [0.4, 0.5) is 13.6 Å². The molecule has 1 heterocycles. The van der Waals surface area contributed by atoms with Crippen LogP contribution in [0.1, 0.15) is 27.7 Å². The van der Waals surface area contributed by atoms with Gasteiger partial charge in [-0.3, -0.25) is 4.79 Å². The highest BCUT2D eigenvalue weighted by Gasteiger charge is 2.33. The zero-order valence-corrected chi connectivity index (χ0v) is 17.6. The first-order valence-corrected chi connectivity index (χ1v) is 10.5. The molecule has 0 spiro atoms. The Balaban J connectivity index is 1.98. The molecule has 0 aromatic heterocycles. The van der Waals surface area contributed by atoms with Gasteiger partial charge in [0.15, 0.2) is 0 Å². The van der Waals surface area contributed by atoms with Crippen LogP contribution in [0.25, 0.3) is 0 Å². The number of halogens is 2. The molecule has 1 N–H and O–H groups in total. The van der Waals surface area contributed by atoms with Crippen molar-refractivity contribution in [2.24, 2.45) is 0 Å². The Morgan fingerprint density at radius 3 is 2.28 bits per heavy atom. The van der Waals surface area contributed by atoms with Crippen LogP contribution in [0.5, 0.6) is 0 Å². The smallest absolute Gasteiger partial charge is 0.408 e. The zero-order chi connectivity index (χ0) is 22.0. The van der Waals surface area contributed by atoms with Gasteiger partial charge in [-0.25, -0.2) is 22.0 Å². The minimum Gasteiger partial charge on any atom is -0.444 e. The lowest BCUT2D eigenvalue weighted by molar-refractivity contribution is -0.134. The Morgan fingerprint density at radius 1 is 1.14 bits per heavy atom. The van der Waals surface area contributed by atoms with Crippen molar-refractivity contribution in [3.63, 3.8) is 0 Å². The molecule has 0 saturated carbocycles. The molecule has 162 valence electrons. The quantitative estimate of drug-likeness (QED) is 0.780. The Hall–Kier alpha value is -2.27. The van der Waals surface area contributed by atoms with Crippen molar-refractivity contribution in [1.29, 1.82) is 0 Å². The van der Waals surface area contributed by atoms with Crippen molar-refractivity contribution in [3.05, 3.63) is 29.8 Å². The fourth-order valence-electron chi connectivity index (χ4n) is 2.78. The van der Waals surface area contributed by atoms with Gasteiger partial charge < -0.3 is 15.0 Å². The van der Waals surface area contributed by atoms with Gasteiger partial charge in [0, 0.05) is 26.2 Å². The van der Waals surface area contributed by atoms with Crippen LogP contribution in [-0.2, 0) is 19.6 Å². The van der Waals surface area contributed by atoms with E-state index in [-0.39, 0.29) is 26.2 Å². The van der Waals surface area contributed by atoms with Gasteiger partial charge in [0.2, 0.25) is 15.9 Å². The number of benzene rings is 1. The summed E-state index contributed by atoms with van der Waals surface area (Å²) in [4.78, 5) is 25.0. The summed E-state index contributed by atoms with van der Waals surface area (Å²) in [6.45, 7) is 6.52. The lowest BCUT2D eigenvalue weighted by Crippen LogP contribution is -2.55. The van der Waals surface area contributed by atoms with Crippen LogP contribution in [0.15, 0.2) is 23.1 Å². The molecule has 1 aliphatic rings. The molecule has 1 atom stereocenters. The molecular weight excluding hydrogens is 408 g/mol. The predicted molar refractivity (Wildman–Crippen MR) is 101 cm³/mol. The average molecular weight is 433 g/mol. The van der Waals surface area contributed by atoms with Crippen LogP contribution in [0.2, 0.25) is 0 Å². The summed E-state index contributed by atoms with van der Waals surface area (Å²) in [5, 5.41) is 2.44. The van der Waals surface area contributed by atoms with E-state index >= 15 is 0 Å². The third-order valence-electron chi connectivity index (χ3n) is 4.17. The van der Waals surface area contributed by atoms with E-state index in [1.165, 1.54) is 11.8 Å². The van der Waals surface area contributed by atoms with Crippen LogP contribution >= 0.6 is 0 Å². The number of nitrogens with one attached hydrogen (secondary N) is 1. The molecule has 1 aliphatic heterocycles. The Labute approximate surface area is 168 Å². The van der Waals surface area contributed by atoms with Crippen LogP contribution in [0.3, 0.4) is 0 Å². The molecule has 0 bridgehead atoms. The fraction of sp³-hybridized carbons (Fsp3) is 0.556. The van der Waals surface area contributed by atoms with Crippen LogP contribution in [0, 0.1) is 11.6 Å². The Bertz CT molecular complexity index is 878. The van der Waals surface area contributed by atoms with Crippen molar-refractivity contribution >= 4 is 22.0 Å². The summed E-state index contributed by atoms with van der Waals surface area (Å²) < 4.78 is 58.5. The van der Waals surface area contributed by atoms with Crippen molar-refractivity contribution in [1.82, 2.24) is 14.5 Å². The van der Waals surface area contributed by atoms with Crippen molar-refractivity contribution in [2.45, 2.75) is 44.2 Å². The summed E-state index contributed by atoms with van der Waals surface area (Å²) in [7, 11) is -4.23. The van der Waals surface area contributed by atoms with E-state index in [9.17, 15) is 26.8 Å². The second-order valence-corrected chi connectivity index (χ2v) is 9.58. The summed E-state index contributed by atoms with van der Waals surface area (Å²) in [5.41, 5.74) is -0.709. The van der Waals surface area contributed by atoms with E-state index in [2.05, 4.69) is 5.32 Å². The highest BCUT2D eigenvalue weighted by atomic mass is 32.2.